The van der Waals surface area contributed by atoms with Gasteiger partial charge in [0.1, 0.15) is 0 Å². The summed E-state index contributed by atoms with van der Waals surface area (Å²) in [6.45, 7) is 4.24. The summed E-state index contributed by atoms with van der Waals surface area (Å²) in [5.41, 5.74) is 0.917. The van der Waals surface area contributed by atoms with E-state index in [0.717, 1.165) is 55.6 Å². The predicted molar refractivity (Wildman–Crippen MR) is 99.0 cm³/mol. The Kier molecular flexibility index (Phi) is 8.93. The van der Waals surface area contributed by atoms with Gasteiger partial charge in [0.05, 0.1) is 26.4 Å². The molecule has 1 aliphatic rings. The van der Waals surface area contributed by atoms with Crippen molar-refractivity contribution in [3.8, 4) is 11.5 Å². The van der Waals surface area contributed by atoms with Gasteiger partial charge < -0.3 is 29.6 Å². The zero-order valence-electron chi connectivity index (χ0n) is 15.2. The van der Waals surface area contributed by atoms with Gasteiger partial charge in [-0.3, -0.25) is 4.99 Å². The molecule has 0 atom stereocenters. The minimum Gasteiger partial charge on any atom is -0.490 e. The molecule has 0 saturated carbocycles. The maximum atomic E-state index is 5.71. The van der Waals surface area contributed by atoms with Crippen molar-refractivity contribution in [1.29, 1.82) is 0 Å². The van der Waals surface area contributed by atoms with Crippen molar-refractivity contribution in [2.45, 2.75) is 19.3 Å². The number of anilines is 1. The monoisotopic (exact) mass is 351 g/mol. The van der Waals surface area contributed by atoms with Crippen LogP contribution in [0, 0.1) is 0 Å². The van der Waals surface area contributed by atoms with Gasteiger partial charge in [-0.2, -0.15) is 0 Å². The van der Waals surface area contributed by atoms with Crippen molar-refractivity contribution < 1.29 is 18.9 Å². The van der Waals surface area contributed by atoms with Gasteiger partial charge in [-0.05, 0) is 25.0 Å². The first-order chi connectivity index (χ1) is 12.3. The summed E-state index contributed by atoms with van der Waals surface area (Å²) in [5.74, 6) is 2.29. The number of hydrogen-bond donors (Lipinski definition) is 2. The number of guanidine groups is 1. The molecule has 2 N–H and O–H groups in total. The van der Waals surface area contributed by atoms with Crippen molar-refractivity contribution in [2.24, 2.45) is 4.99 Å². The van der Waals surface area contributed by atoms with Gasteiger partial charge in [-0.1, -0.05) is 0 Å². The van der Waals surface area contributed by atoms with Gasteiger partial charge in [0.25, 0.3) is 0 Å². The highest BCUT2D eigenvalue weighted by Crippen LogP contribution is 2.32. The maximum absolute atomic E-state index is 5.71. The van der Waals surface area contributed by atoms with Gasteiger partial charge in [0.2, 0.25) is 0 Å². The predicted octanol–water partition coefficient (Wildman–Crippen LogP) is 2.28. The van der Waals surface area contributed by atoms with Crippen LogP contribution in [0.5, 0.6) is 11.5 Å². The SMILES string of the molecule is CN=C(NCCCCOCCOC)Nc1ccc2c(c1)OCCCO2. The van der Waals surface area contributed by atoms with Crippen LogP contribution in [-0.2, 0) is 9.47 Å². The van der Waals surface area contributed by atoms with E-state index < -0.39 is 0 Å². The van der Waals surface area contributed by atoms with E-state index in [1.54, 1.807) is 14.2 Å². The van der Waals surface area contributed by atoms with Gasteiger partial charge in [-0.25, -0.2) is 0 Å². The molecule has 0 aromatic heterocycles. The number of ether oxygens (including phenoxy) is 4. The standard InChI is InChI=1S/C18H29N3O4/c1-19-18(20-8-3-4-9-23-13-12-22-2)21-15-6-7-16-17(14-15)25-11-5-10-24-16/h6-7,14H,3-5,8-13H2,1-2H3,(H2,19,20,21). The molecule has 0 saturated heterocycles. The van der Waals surface area contributed by atoms with E-state index in [1.165, 1.54) is 0 Å². The van der Waals surface area contributed by atoms with E-state index in [4.69, 9.17) is 18.9 Å². The molecule has 7 heteroatoms. The Morgan fingerprint density at radius 1 is 1.12 bits per heavy atom. The Bertz CT molecular complexity index is 537. The average molecular weight is 351 g/mol. The van der Waals surface area contributed by atoms with Gasteiger partial charge in [0.15, 0.2) is 17.5 Å². The Hall–Kier alpha value is -1.99. The molecule has 25 heavy (non-hydrogen) atoms. The van der Waals surface area contributed by atoms with E-state index in [0.29, 0.717) is 26.4 Å². The van der Waals surface area contributed by atoms with Crippen LogP contribution < -0.4 is 20.1 Å². The van der Waals surface area contributed by atoms with E-state index in [9.17, 15) is 0 Å². The number of methoxy groups -OCH3 is 1. The smallest absolute Gasteiger partial charge is 0.195 e. The van der Waals surface area contributed by atoms with Gasteiger partial charge in [0, 0.05) is 45.5 Å². The summed E-state index contributed by atoms with van der Waals surface area (Å²) in [4.78, 5) is 4.25. The van der Waals surface area contributed by atoms with Crippen LogP contribution in [0.4, 0.5) is 5.69 Å². The van der Waals surface area contributed by atoms with Crippen molar-refractivity contribution >= 4 is 11.6 Å². The molecule has 0 amide bonds. The highest BCUT2D eigenvalue weighted by atomic mass is 16.5. The first-order valence-electron chi connectivity index (χ1n) is 8.77. The fourth-order valence-corrected chi connectivity index (χ4v) is 2.34. The second kappa shape index (κ2) is 11.5. The van der Waals surface area contributed by atoms with Crippen molar-refractivity contribution in [3.63, 3.8) is 0 Å². The van der Waals surface area contributed by atoms with Gasteiger partial charge in [-0.15, -0.1) is 0 Å². The molecule has 1 aromatic rings. The average Bonchev–Trinajstić information content (AvgIpc) is 2.87. The van der Waals surface area contributed by atoms with Crippen molar-refractivity contribution in [2.75, 3.05) is 59.1 Å². The number of nitrogens with zero attached hydrogens (tertiary/aromatic N) is 1. The van der Waals surface area contributed by atoms with Crippen LogP contribution in [0.3, 0.4) is 0 Å². The van der Waals surface area contributed by atoms with Crippen LogP contribution >= 0.6 is 0 Å². The second-order valence-corrected chi connectivity index (χ2v) is 5.65. The van der Waals surface area contributed by atoms with E-state index in [-0.39, 0.29) is 0 Å². The Morgan fingerprint density at radius 3 is 2.76 bits per heavy atom. The number of hydrogen-bond acceptors (Lipinski definition) is 5. The third-order valence-corrected chi connectivity index (χ3v) is 3.67. The third-order valence-electron chi connectivity index (χ3n) is 3.67. The summed E-state index contributed by atoms with van der Waals surface area (Å²) in [5, 5.41) is 6.57. The Morgan fingerprint density at radius 2 is 1.96 bits per heavy atom. The largest absolute Gasteiger partial charge is 0.490 e. The molecule has 7 nitrogen and oxygen atoms in total. The molecular weight excluding hydrogens is 322 g/mol. The molecule has 0 bridgehead atoms. The summed E-state index contributed by atoms with van der Waals surface area (Å²) in [6.07, 6.45) is 2.91. The number of unbranched alkanes of at least 4 members (excludes halogenated alkanes) is 1. The maximum Gasteiger partial charge on any atom is 0.195 e. The highest BCUT2D eigenvalue weighted by molar-refractivity contribution is 5.93. The lowest BCUT2D eigenvalue weighted by molar-refractivity contribution is 0.0689. The molecule has 0 unspecified atom stereocenters. The lowest BCUT2D eigenvalue weighted by Gasteiger charge is -2.14. The van der Waals surface area contributed by atoms with E-state index in [2.05, 4.69) is 15.6 Å². The molecule has 0 fully saturated rings. The fraction of sp³-hybridized carbons (Fsp3) is 0.611. The normalized spacial score (nSPS) is 14.1. The Balaban J connectivity index is 1.70. The van der Waals surface area contributed by atoms with Crippen LogP contribution in [0.2, 0.25) is 0 Å². The minimum absolute atomic E-state index is 0.643. The quantitative estimate of drug-likeness (QED) is 0.404. The number of benzene rings is 1. The molecule has 140 valence electrons. The van der Waals surface area contributed by atoms with Crippen LogP contribution in [-0.4, -0.2) is 59.7 Å². The molecule has 0 spiro atoms. The first kappa shape index (κ1) is 19.3. The third kappa shape index (κ3) is 7.19. The molecular formula is C18H29N3O4. The van der Waals surface area contributed by atoms with Crippen molar-refractivity contribution in [1.82, 2.24) is 5.32 Å². The highest BCUT2D eigenvalue weighted by Gasteiger charge is 2.11. The zero-order chi connectivity index (χ0) is 17.7. The first-order valence-corrected chi connectivity index (χ1v) is 8.77. The molecule has 1 aliphatic heterocycles. The minimum atomic E-state index is 0.643. The summed E-state index contributed by atoms with van der Waals surface area (Å²) < 4.78 is 21.7. The van der Waals surface area contributed by atoms with Crippen LogP contribution in [0.1, 0.15) is 19.3 Å². The van der Waals surface area contributed by atoms with Crippen LogP contribution in [0.25, 0.3) is 0 Å². The molecule has 1 heterocycles. The topological polar surface area (TPSA) is 73.3 Å². The summed E-state index contributed by atoms with van der Waals surface area (Å²) in [6, 6.07) is 5.83. The molecule has 0 aliphatic carbocycles. The number of nitrogens with one attached hydrogen (secondary N) is 2. The van der Waals surface area contributed by atoms with Crippen molar-refractivity contribution in [3.05, 3.63) is 18.2 Å². The number of aliphatic imine (C=N–C) groups is 1. The molecule has 0 radical (unpaired) electrons. The zero-order valence-corrected chi connectivity index (χ0v) is 15.2. The second-order valence-electron chi connectivity index (χ2n) is 5.65. The fourth-order valence-electron chi connectivity index (χ4n) is 2.34. The Labute approximate surface area is 149 Å². The van der Waals surface area contributed by atoms with E-state index in [1.807, 2.05) is 18.2 Å². The van der Waals surface area contributed by atoms with E-state index >= 15 is 0 Å². The lowest BCUT2D eigenvalue weighted by atomic mass is 10.2. The number of rotatable bonds is 9. The summed E-state index contributed by atoms with van der Waals surface area (Å²) >= 11 is 0. The van der Waals surface area contributed by atoms with Crippen LogP contribution in [0.15, 0.2) is 23.2 Å². The summed E-state index contributed by atoms with van der Waals surface area (Å²) in [7, 11) is 3.43. The van der Waals surface area contributed by atoms with Gasteiger partial charge >= 0.3 is 0 Å². The number of fused-ring (bicyclic) bond motifs is 1. The lowest BCUT2D eigenvalue weighted by Crippen LogP contribution is -2.31. The molecule has 2 rings (SSSR count). The molecule has 1 aromatic carbocycles.